The van der Waals surface area contributed by atoms with Crippen molar-refractivity contribution in [2.24, 2.45) is 5.92 Å². The summed E-state index contributed by atoms with van der Waals surface area (Å²) >= 11 is 0. The van der Waals surface area contributed by atoms with Crippen LogP contribution >= 0.6 is 0 Å². The summed E-state index contributed by atoms with van der Waals surface area (Å²) in [5, 5.41) is 5.84. The molecule has 1 fully saturated rings. The number of hydrogen-bond donors (Lipinski definition) is 2. The molecule has 0 spiro atoms. The van der Waals surface area contributed by atoms with E-state index >= 15 is 0 Å². The number of nitrogens with one attached hydrogen (secondary N) is 2. The average Bonchev–Trinajstić information content (AvgIpc) is 2.79. The highest BCUT2D eigenvalue weighted by atomic mass is 19.1. The van der Waals surface area contributed by atoms with Crippen LogP contribution in [-0.2, 0) is 4.79 Å². The van der Waals surface area contributed by atoms with Crippen molar-refractivity contribution >= 4 is 17.6 Å². The van der Waals surface area contributed by atoms with Crippen LogP contribution in [0, 0.1) is 18.7 Å². The first kappa shape index (κ1) is 24.4. The van der Waals surface area contributed by atoms with Crippen molar-refractivity contribution in [3.05, 3.63) is 53.3 Å². The van der Waals surface area contributed by atoms with Crippen molar-refractivity contribution < 1.29 is 23.5 Å². The van der Waals surface area contributed by atoms with Gasteiger partial charge in [0.15, 0.2) is 11.5 Å². The summed E-state index contributed by atoms with van der Waals surface area (Å²) in [7, 11) is 3.08. The summed E-state index contributed by atoms with van der Waals surface area (Å²) in [6, 6.07) is 9.91. The predicted octanol–water partition coefficient (Wildman–Crippen LogP) is 4.31. The Morgan fingerprint density at radius 2 is 1.79 bits per heavy atom. The molecule has 1 heterocycles. The smallest absolute Gasteiger partial charge is 0.317 e. The van der Waals surface area contributed by atoms with Crippen molar-refractivity contribution in [3.63, 3.8) is 0 Å². The molecule has 1 saturated heterocycles. The van der Waals surface area contributed by atoms with E-state index in [0.29, 0.717) is 42.3 Å². The van der Waals surface area contributed by atoms with E-state index in [1.807, 2.05) is 13.8 Å². The highest BCUT2D eigenvalue weighted by Crippen LogP contribution is 2.33. The lowest BCUT2D eigenvalue weighted by Gasteiger charge is -2.38. The summed E-state index contributed by atoms with van der Waals surface area (Å²) in [6.07, 6.45) is 0.551. The highest BCUT2D eigenvalue weighted by molar-refractivity contribution is 5.93. The molecule has 2 aromatic rings. The van der Waals surface area contributed by atoms with Gasteiger partial charge in [-0.2, -0.15) is 0 Å². The molecule has 7 nitrogen and oxygen atoms in total. The van der Waals surface area contributed by atoms with Crippen molar-refractivity contribution in [1.29, 1.82) is 0 Å². The number of carbonyl (C=O) groups excluding carboxylic acids is 2. The molecule has 2 N–H and O–H groups in total. The van der Waals surface area contributed by atoms with E-state index in [4.69, 9.17) is 9.47 Å². The third kappa shape index (κ3) is 5.94. The summed E-state index contributed by atoms with van der Waals surface area (Å²) in [5.41, 5.74) is 2.04. The zero-order chi connectivity index (χ0) is 24.1. The van der Waals surface area contributed by atoms with Crippen LogP contribution in [0.4, 0.5) is 14.9 Å². The molecule has 0 radical (unpaired) electrons. The summed E-state index contributed by atoms with van der Waals surface area (Å²) < 4.78 is 24.4. The van der Waals surface area contributed by atoms with Gasteiger partial charge < -0.3 is 25.0 Å². The number of hydrogen-bond acceptors (Lipinski definition) is 4. The molecule has 0 saturated carbocycles. The monoisotopic (exact) mass is 457 g/mol. The molecule has 0 aliphatic carbocycles. The zero-order valence-electron chi connectivity index (χ0n) is 19.8. The van der Waals surface area contributed by atoms with Crippen molar-refractivity contribution in [1.82, 2.24) is 10.2 Å². The number of amides is 3. The third-order valence-corrected chi connectivity index (χ3v) is 5.83. The number of rotatable bonds is 6. The zero-order valence-corrected chi connectivity index (χ0v) is 19.8. The first-order valence-corrected chi connectivity index (χ1v) is 11.1. The van der Waals surface area contributed by atoms with Crippen LogP contribution in [0.15, 0.2) is 36.4 Å². The lowest BCUT2D eigenvalue weighted by Crippen LogP contribution is -2.51. The molecule has 3 rings (SSSR count). The Hall–Kier alpha value is -3.29. The molecule has 0 aromatic heterocycles. The molecule has 0 bridgehead atoms. The van der Waals surface area contributed by atoms with Gasteiger partial charge in [0.25, 0.3) is 0 Å². The molecule has 1 aliphatic heterocycles. The number of anilines is 1. The number of urea groups is 1. The van der Waals surface area contributed by atoms with Gasteiger partial charge in [-0.1, -0.05) is 12.1 Å². The fourth-order valence-corrected chi connectivity index (χ4v) is 4.11. The molecule has 0 unspecified atom stereocenters. The molecule has 8 heteroatoms. The van der Waals surface area contributed by atoms with Gasteiger partial charge in [0, 0.05) is 36.8 Å². The Kier molecular flexibility index (Phi) is 7.79. The quantitative estimate of drug-likeness (QED) is 0.677. The number of methoxy groups -OCH3 is 2. The van der Waals surface area contributed by atoms with Gasteiger partial charge in [0.05, 0.1) is 20.1 Å². The van der Waals surface area contributed by atoms with Crippen LogP contribution in [0.2, 0.25) is 0 Å². The Labute approximate surface area is 194 Å². The SMILES string of the molecule is COc1ccc(NC(=O)[C@H]2C[C@@H](c3ccc(F)c(C)c3)CN(C(=O)NC(C)C)C2)cc1OC. The van der Waals surface area contributed by atoms with Crippen molar-refractivity contribution in [2.75, 3.05) is 32.6 Å². The van der Waals surface area contributed by atoms with E-state index < -0.39 is 5.92 Å². The van der Waals surface area contributed by atoms with Crippen molar-refractivity contribution in [2.45, 2.75) is 39.2 Å². The summed E-state index contributed by atoms with van der Waals surface area (Å²) in [5.74, 6) is 0.102. The van der Waals surface area contributed by atoms with Gasteiger partial charge in [-0.15, -0.1) is 0 Å². The minimum Gasteiger partial charge on any atom is -0.493 e. The van der Waals surface area contributed by atoms with Gasteiger partial charge in [0.2, 0.25) is 5.91 Å². The third-order valence-electron chi connectivity index (χ3n) is 5.83. The molecule has 3 amide bonds. The number of carbonyl (C=O) groups is 2. The highest BCUT2D eigenvalue weighted by Gasteiger charge is 2.35. The maximum Gasteiger partial charge on any atom is 0.317 e. The number of halogens is 1. The van der Waals surface area contributed by atoms with Crippen LogP contribution in [0.1, 0.15) is 37.3 Å². The maximum absolute atomic E-state index is 13.8. The van der Waals surface area contributed by atoms with E-state index in [9.17, 15) is 14.0 Å². The Balaban J connectivity index is 1.83. The molecule has 178 valence electrons. The van der Waals surface area contributed by atoms with Crippen LogP contribution in [-0.4, -0.2) is 50.2 Å². The first-order valence-electron chi connectivity index (χ1n) is 11.1. The number of likely N-dealkylation sites (tertiary alicyclic amines) is 1. The molecule has 33 heavy (non-hydrogen) atoms. The average molecular weight is 458 g/mol. The van der Waals surface area contributed by atoms with Gasteiger partial charge >= 0.3 is 6.03 Å². The van der Waals surface area contributed by atoms with E-state index in [2.05, 4.69) is 10.6 Å². The Bertz CT molecular complexity index is 1010. The minimum atomic E-state index is -0.430. The lowest BCUT2D eigenvalue weighted by molar-refractivity contribution is -0.121. The fraction of sp³-hybridized carbons (Fsp3) is 0.440. The van der Waals surface area contributed by atoms with E-state index in [-0.39, 0.29) is 29.7 Å². The van der Waals surface area contributed by atoms with Crippen LogP contribution in [0.25, 0.3) is 0 Å². The summed E-state index contributed by atoms with van der Waals surface area (Å²) in [4.78, 5) is 27.7. The molecule has 2 aromatic carbocycles. The van der Waals surface area contributed by atoms with Gasteiger partial charge in [0.1, 0.15) is 5.82 Å². The summed E-state index contributed by atoms with van der Waals surface area (Å²) in [6.45, 7) is 6.26. The van der Waals surface area contributed by atoms with E-state index in [1.54, 1.807) is 49.3 Å². The second kappa shape index (κ2) is 10.6. The van der Waals surface area contributed by atoms with Crippen LogP contribution < -0.4 is 20.1 Å². The van der Waals surface area contributed by atoms with E-state index in [0.717, 1.165) is 5.56 Å². The number of nitrogens with zero attached hydrogens (tertiary/aromatic N) is 1. The van der Waals surface area contributed by atoms with E-state index in [1.165, 1.54) is 13.2 Å². The number of benzene rings is 2. The van der Waals surface area contributed by atoms with Gasteiger partial charge in [-0.05, 0) is 56.5 Å². The van der Waals surface area contributed by atoms with Crippen molar-refractivity contribution in [3.8, 4) is 11.5 Å². The molecular formula is C25H32FN3O4. The maximum atomic E-state index is 13.8. The second-order valence-electron chi connectivity index (χ2n) is 8.71. The number of piperidine rings is 1. The number of aryl methyl sites for hydroxylation is 1. The fourth-order valence-electron chi connectivity index (χ4n) is 4.11. The largest absolute Gasteiger partial charge is 0.493 e. The van der Waals surface area contributed by atoms with Gasteiger partial charge in [-0.25, -0.2) is 9.18 Å². The lowest BCUT2D eigenvalue weighted by atomic mass is 9.83. The molecule has 1 aliphatic rings. The predicted molar refractivity (Wildman–Crippen MR) is 125 cm³/mol. The topological polar surface area (TPSA) is 79.9 Å². The Morgan fingerprint density at radius 3 is 2.42 bits per heavy atom. The van der Waals surface area contributed by atoms with Crippen LogP contribution in [0.3, 0.4) is 0 Å². The first-order chi connectivity index (χ1) is 15.7. The number of ether oxygens (including phenoxy) is 2. The normalized spacial score (nSPS) is 18.1. The molecular weight excluding hydrogens is 425 g/mol. The molecule has 2 atom stereocenters. The second-order valence-corrected chi connectivity index (χ2v) is 8.71. The van der Waals surface area contributed by atoms with Crippen LogP contribution in [0.5, 0.6) is 11.5 Å². The van der Waals surface area contributed by atoms with Gasteiger partial charge in [-0.3, -0.25) is 4.79 Å². The minimum absolute atomic E-state index is 0.0232. The standard InChI is InChI=1S/C25H32FN3O4/c1-15(2)27-25(31)29-13-18(17-6-8-21(26)16(3)10-17)11-19(14-29)24(30)28-20-7-9-22(32-4)23(12-20)33-5/h6-10,12,15,18-19H,11,13-14H2,1-5H3,(H,27,31)(H,28,30)/t18-,19+/m1/s1. The Morgan fingerprint density at radius 1 is 1.06 bits per heavy atom.